The maximum absolute atomic E-state index is 11.7. The average molecular weight is 506 g/mol. The predicted molar refractivity (Wildman–Crippen MR) is 144 cm³/mol. The number of amidine groups is 1. The summed E-state index contributed by atoms with van der Waals surface area (Å²) in [7, 11) is 2.06. The summed E-state index contributed by atoms with van der Waals surface area (Å²) >= 11 is 1.55. The van der Waals surface area contributed by atoms with E-state index in [1.165, 1.54) is 5.56 Å². The highest BCUT2D eigenvalue weighted by atomic mass is 32.1. The van der Waals surface area contributed by atoms with Crippen LogP contribution in [0.1, 0.15) is 23.2 Å². The molecular formula is C26H31N7O2S. The molecule has 0 saturated carbocycles. The van der Waals surface area contributed by atoms with Gasteiger partial charge >= 0.3 is 0 Å². The SMILES string of the molecule is Cc1ccc(N(C)C2=Nc3sc(Nc4cc(CN5CCN(C(=O)CO)CC5)ccn4)nc3CC2)cc1. The van der Waals surface area contributed by atoms with Gasteiger partial charge in [-0.15, -0.1) is 0 Å². The van der Waals surface area contributed by atoms with Crippen molar-refractivity contribution < 1.29 is 9.90 Å². The molecule has 10 heteroatoms. The number of benzene rings is 1. The number of pyridine rings is 1. The summed E-state index contributed by atoms with van der Waals surface area (Å²) in [6.07, 6.45) is 3.52. The van der Waals surface area contributed by atoms with Crippen LogP contribution in [0.25, 0.3) is 0 Å². The molecule has 2 N–H and O–H groups in total. The van der Waals surface area contributed by atoms with E-state index in [1.54, 1.807) is 16.2 Å². The molecule has 2 aliphatic rings. The summed E-state index contributed by atoms with van der Waals surface area (Å²) in [5, 5.41) is 14.2. The van der Waals surface area contributed by atoms with Gasteiger partial charge in [-0.25, -0.2) is 15.0 Å². The number of nitrogens with one attached hydrogen (secondary N) is 1. The van der Waals surface area contributed by atoms with Crippen LogP contribution < -0.4 is 10.2 Å². The van der Waals surface area contributed by atoms with Crippen molar-refractivity contribution in [3.63, 3.8) is 0 Å². The number of nitrogens with zero attached hydrogens (tertiary/aromatic N) is 6. The van der Waals surface area contributed by atoms with Crippen LogP contribution in [-0.2, 0) is 17.8 Å². The van der Waals surface area contributed by atoms with Crippen LogP contribution in [0.5, 0.6) is 0 Å². The number of aliphatic hydroxyl groups is 1. The largest absolute Gasteiger partial charge is 0.387 e. The Morgan fingerprint density at radius 1 is 1.14 bits per heavy atom. The van der Waals surface area contributed by atoms with Crippen molar-refractivity contribution in [1.29, 1.82) is 0 Å². The second-order valence-corrected chi connectivity index (χ2v) is 10.2. The summed E-state index contributed by atoms with van der Waals surface area (Å²) in [5.41, 5.74) is 4.55. The number of fused-ring (bicyclic) bond motifs is 1. The number of amides is 1. The lowest BCUT2D eigenvalue weighted by atomic mass is 10.1. The normalized spacial score (nSPS) is 15.9. The van der Waals surface area contributed by atoms with Gasteiger partial charge in [0.25, 0.3) is 0 Å². The van der Waals surface area contributed by atoms with Gasteiger partial charge in [0.15, 0.2) is 5.13 Å². The molecule has 0 bridgehead atoms. The molecule has 1 aromatic carbocycles. The van der Waals surface area contributed by atoms with E-state index in [1.807, 2.05) is 18.3 Å². The first-order chi connectivity index (χ1) is 17.5. The van der Waals surface area contributed by atoms with Gasteiger partial charge in [-0.1, -0.05) is 29.0 Å². The van der Waals surface area contributed by atoms with Crippen LogP contribution in [-0.4, -0.2) is 76.5 Å². The van der Waals surface area contributed by atoms with E-state index in [9.17, 15) is 4.79 Å². The molecule has 4 heterocycles. The highest BCUT2D eigenvalue weighted by molar-refractivity contribution is 7.19. The summed E-state index contributed by atoms with van der Waals surface area (Å²) in [4.78, 5) is 32.0. The number of piperazine rings is 1. The minimum Gasteiger partial charge on any atom is -0.387 e. The van der Waals surface area contributed by atoms with Crippen LogP contribution in [0, 0.1) is 6.92 Å². The minimum atomic E-state index is -0.421. The lowest BCUT2D eigenvalue weighted by Gasteiger charge is -2.34. The van der Waals surface area contributed by atoms with Crippen LogP contribution in [0.3, 0.4) is 0 Å². The van der Waals surface area contributed by atoms with Gasteiger partial charge in [-0.2, -0.15) is 0 Å². The smallest absolute Gasteiger partial charge is 0.248 e. The number of carbonyl (C=O) groups excluding carboxylic acids is 1. The maximum Gasteiger partial charge on any atom is 0.248 e. The van der Waals surface area contributed by atoms with Crippen LogP contribution in [0.4, 0.5) is 21.6 Å². The Hall–Kier alpha value is -3.34. The third-order valence-corrected chi connectivity index (χ3v) is 7.53. The molecule has 5 rings (SSSR count). The molecule has 3 aromatic rings. The van der Waals surface area contributed by atoms with Crippen molar-refractivity contribution in [2.24, 2.45) is 4.99 Å². The topological polar surface area (TPSA) is 97.2 Å². The molecule has 36 heavy (non-hydrogen) atoms. The van der Waals surface area contributed by atoms with Crippen molar-refractivity contribution in [2.45, 2.75) is 26.3 Å². The second-order valence-electron chi connectivity index (χ2n) is 9.18. The molecule has 0 atom stereocenters. The molecule has 0 unspecified atom stereocenters. The number of hydrogen-bond donors (Lipinski definition) is 2. The number of thiazole rings is 1. The summed E-state index contributed by atoms with van der Waals surface area (Å²) in [6, 6.07) is 12.6. The highest BCUT2D eigenvalue weighted by Crippen LogP contribution is 2.37. The molecule has 1 amide bonds. The van der Waals surface area contributed by atoms with Crippen LogP contribution in [0.15, 0.2) is 47.6 Å². The highest BCUT2D eigenvalue weighted by Gasteiger charge is 2.22. The Kier molecular flexibility index (Phi) is 7.26. The second kappa shape index (κ2) is 10.7. The van der Waals surface area contributed by atoms with Crippen molar-refractivity contribution in [3.05, 3.63) is 59.4 Å². The van der Waals surface area contributed by atoms with Crippen LogP contribution in [0.2, 0.25) is 0 Å². The first-order valence-electron chi connectivity index (χ1n) is 12.2. The standard InChI is InChI=1S/C26H31N7O2S/c1-18-3-5-20(6-4-18)31(2)23-8-7-21-25(30-23)36-26(28-21)29-22-15-19(9-10-27-22)16-32-11-13-33(14-12-32)24(35)17-34/h3-6,9-10,15,34H,7-8,11-14,16-17H2,1-2H3,(H,27,28,29). The van der Waals surface area contributed by atoms with Gasteiger partial charge in [0.05, 0.1) is 5.69 Å². The molecule has 1 saturated heterocycles. The quantitative estimate of drug-likeness (QED) is 0.530. The number of hydrogen-bond acceptors (Lipinski definition) is 9. The number of carbonyl (C=O) groups is 1. The van der Waals surface area contributed by atoms with E-state index < -0.39 is 6.61 Å². The number of rotatable bonds is 6. The Morgan fingerprint density at radius 3 is 2.67 bits per heavy atom. The van der Waals surface area contributed by atoms with Crippen molar-refractivity contribution in [1.82, 2.24) is 19.8 Å². The van der Waals surface area contributed by atoms with E-state index in [2.05, 4.69) is 58.3 Å². The van der Waals surface area contributed by atoms with Gasteiger partial charge in [-0.3, -0.25) is 9.69 Å². The molecule has 9 nitrogen and oxygen atoms in total. The molecule has 2 aliphatic heterocycles. The number of aryl methyl sites for hydroxylation is 2. The molecule has 0 aliphatic carbocycles. The predicted octanol–water partition coefficient (Wildman–Crippen LogP) is 3.34. The summed E-state index contributed by atoms with van der Waals surface area (Å²) in [5.74, 6) is 1.60. The maximum atomic E-state index is 11.7. The van der Waals surface area contributed by atoms with E-state index in [0.717, 1.165) is 71.2 Å². The van der Waals surface area contributed by atoms with Gasteiger partial charge in [0.1, 0.15) is 23.3 Å². The van der Waals surface area contributed by atoms with Crippen molar-refractivity contribution >= 4 is 44.7 Å². The lowest BCUT2D eigenvalue weighted by Crippen LogP contribution is -2.49. The molecular weight excluding hydrogens is 474 g/mol. The zero-order valence-electron chi connectivity index (χ0n) is 20.6. The Morgan fingerprint density at radius 2 is 1.92 bits per heavy atom. The third-order valence-electron chi connectivity index (χ3n) is 6.63. The monoisotopic (exact) mass is 505 g/mol. The molecule has 2 aromatic heterocycles. The van der Waals surface area contributed by atoms with E-state index in [4.69, 9.17) is 15.1 Å². The number of aliphatic hydroxyl groups excluding tert-OH is 1. The van der Waals surface area contributed by atoms with E-state index in [0.29, 0.717) is 13.1 Å². The van der Waals surface area contributed by atoms with Crippen LogP contribution >= 0.6 is 11.3 Å². The van der Waals surface area contributed by atoms with Gasteiger partial charge in [-0.05, 0) is 43.2 Å². The van der Waals surface area contributed by atoms with Gasteiger partial charge in [0.2, 0.25) is 5.91 Å². The molecule has 188 valence electrons. The Balaban J connectivity index is 1.22. The first kappa shape index (κ1) is 24.4. The Bertz CT molecular complexity index is 1250. The number of aliphatic imine (C=N–C) groups is 1. The minimum absolute atomic E-state index is 0.200. The Labute approximate surface area is 215 Å². The number of aromatic nitrogens is 2. The average Bonchev–Trinajstić information content (AvgIpc) is 3.30. The fourth-order valence-corrected chi connectivity index (χ4v) is 5.39. The van der Waals surface area contributed by atoms with Gasteiger partial charge < -0.3 is 20.2 Å². The van der Waals surface area contributed by atoms with E-state index in [-0.39, 0.29) is 5.91 Å². The fourth-order valence-electron chi connectivity index (χ4n) is 4.47. The third kappa shape index (κ3) is 5.56. The summed E-state index contributed by atoms with van der Waals surface area (Å²) in [6.45, 7) is 5.31. The van der Waals surface area contributed by atoms with Gasteiger partial charge in [0, 0.05) is 58.1 Å². The number of anilines is 3. The molecule has 0 radical (unpaired) electrons. The summed E-state index contributed by atoms with van der Waals surface area (Å²) < 4.78 is 0. The zero-order chi connectivity index (χ0) is 25.1. The lowest BCUT2D eigenvalue weighted by molar-refractivity contribution is -0.135. The zero-order valence-corrected chi connectivity index (χ0v) is 21.5. The fraction of sp³-hybridized carbons (Fsp3) is 0.385. The molecule has 1 fully saturated rings. The first-order valence-corrected chi connectivity index (χ1v) is 13.0. The molecule has 0 spiro atoms. The van der Waals surface area contributed by atoms with Crippen molar-refractivity contribution in [3.8, 4) is 0 Å². The van der Waals surface area contributed by atoms with E-state index >= 15 is 0 Å². The van der Waals surface area contributed by atoms with Crippen molar-refractivity contribution in [2.75, 3.05) is 50.1 Å².